The van der Waals surface area contributed by atoms with Crippen LogP contribution in [0.4, 0.5) is 0 Å². The molecule has 1 aliphatic rings. The lowest BCUT2D eigenvalue weighted by molar-refractivity contribution is 0.143. The van der Waals surface area contributed by atoms with Crippen LogP contribution in [0.2, 0.25) is 10.0 Å². The van der Waals surface area contributed by atoms with E-state index in [2.05, 4.69) is 19.2 Å². The van der Waals surface area contributed by atoms with Gasteiger partial charge in [-0.3, -0.25) is 0 Å². The van der Waals surface area contributed by atoms with E-state index in [0.29, 0.717) is 11.5 Å². The summed E-state index contributed by atoms with van der Waals surface area (Å²) >= 11 is 12.5. The third-order valence-corrected chi connectivity index (χ3v) is 5.51. The van der Waals surface area contributed by atoms with Gasteiger partial charge in [-0.05, 0) is 61.4 Å². The molecule has 2 rings (SSSR count). The summed E-state index contributed by atoms with van der Waals surface area (Å²) in [6.45, 7) is 5.73. The Bertz CT molecular complexity index is 453. The molecule has 1 fully saturated rings. The normalized spacial score (nSPS) is 19.4. The number of benzene rings is 1. The minimum Gasteiger partial charge on any atom is -0.313 e. The largest absolute Gasteiger partial charge is 0.313 e. The quantitative estimate of drug-likeness (QED) is 0.688. The molecule has 0 heterocycles. The molecule has 21 heavy (non-hydrogen) atoms. The molecule has 1 N–H and O–H groups in total. The molecule has 118 valence electrons. The van der Waals surface area contributed by atoms with Crippen molar-refractivity contribution < 1.29 is 0 Å². The van der Waals surface area contributed by atoms with Crippen molar-refractivity contribution in [3.05, 3.63) is 33.8 Å². The fourth-order valence-corrected chi connectivity index (χ4v) is 3.90. The fraction of sp³-hybridized carbons (Fsp3) is 0.667. The van der Waals surface area contributed by atoms with Crippen molar-refractivity contribution in [2.45, 2.75) is 64.8 Å². The van der Waals surface area contributed by atoms with Crippen molar-refractivity contribution in [3.8, 4) is 0 Å². The maximum Gasteiger partial charge on any atom is 0.0439 e. The first kappa shape index (κ1) is 17.1. The van der Waals surface area contributed by atoms with Crippen molar-refractivity contribution in [1.29, 1.82) is 0 Å². The molecule has 1 unspecified atom stereocenters. The zero-order valence-electron chi connectivity index (χ0n) is 13.2. The van der Waals surface area contributed by atoms with Gasteiger partial charge in [0.2, 0.25) is 0 Å². The van der Waals surface area contributed by atoms with Gasteiger partial charge in [0, 0.05) is 16.1 Å². The average Bonchev–Trinajstić information content (AvgIpc) is 2.47. The monoisotopic (exact) mass is 327 g/mol. The summed E-state index contributed by atoms with van der Waals surface area (Å²) in [6.07, 6.45) is 8.84. The smallest absolute Gasteiger partial charge is 0.0439 e. The van der Waals surface area contributed by atoms with Crippen LogP contribution in [0.1, 0.15) is 57.9 Å². The minimum absolute atomic E-state index is 0.374. The van der Waals surface area contributed by atoms with E-state index in [-0.39, 0.29) is 0 Å². The van der Waals surface area contributed by atoms with E-state index in [0.717, 1.165) is 29.4 Å². The minimum atomic E-state index is 0.374. The highest BCUT2D eigenvalue weighted by Gasteiger charge is 2.35. The van der Waals surface area contributed by atoms with E-state index >= 15 is 0 Å². The Labute approximate surface area is 139 Å². The number of hydrogen-bond donors (Lipinski definition) is 1. The standard InChI is InChI=1S/C18H27Cl2N/c1-3-11-21-17(18(2)9-5-4-6-10-18)13-14-12-15(19)7-8-16(14)20/h7-8,12,17,21H,3-6,9-11,13H2,1-2H3. The molecule has 1 aromatic rings. The molecule has 0 saturated heterocycles. The van der Waals surface area contributed by atoms with Crippen LogP contribution in [0.15, 0.2) is 18.2 Å². The predicted octanol–water partition coefficient (Wildman–Crippen LogP) is 5.87. The highest BCUT2D eigenvalue weighted by atomic mass is 35.5. The summed E-state index contributed by atoms with van der Waals surface area (Å²) in [5.41, 5.74) is 1.54. The molecule has 1 nitrogen and oxygen atoms in total. The summed E-state index contributed by atoms with van der Waals surface area (Å²) in [4.78, 5) is 0. The Morgan fingerprint density at radius 1 is 1.19 bits per heavy atom. The SMILES string of the molecule is CCCNC(Cc1cc(Cl)ccc1Cl)C1(C)CCCCC1. The van der Waals surface area contributed by atoms with E-state index in [9.17, 15) is 0 Å². The van der Waals surface area contributed by atoms with E-state index in [4.69, 9.17) is 23.2 Å². The molecule has 0 aromatic heterocycles. The molecular weight excluding hydrogens is 301 g/mol. The summed E-state index contributed by atoms with van der Waals surface area (Å²) < 4.78 is 0. The first-order valence-corrected chi connectivity index (χ1v) is 8.98. The van der Waals surface area contributed by atoms with Crippen LogP contribution >= 0.6 is 23.2 Å². The Balaban J connectivity index is 2.17. The van der Waals surface area contributed by atoms with E-state index in [1.807, 2.05) is 18.2 Å². The molecule has 3 heteroatoms. The van der Waals surface area contributed by atoms with Crippen molar-refractivity contribution in [2.24, 2.45) is 5.41 Å². The summed E-state index contributed by atoms with van der Waals surface area (Å²) in [5.74, 6) is 0. The summed E-state index contributed by atoms with van der Waals surface area (Å²) in [7, 11) is 0. The van der Waals surface area contributed by atoms with Gasteiger partial charge in [-0.2, -0.15) is 0 Å². The molecule has 0 spiro atoms. The highest BCUT2D eigenvalue weighted by Crippen LogP contribution is 2.40. The van der Waals surface area contributed by atoms with Crippen molar-refractivity contribution in [3.63, 3.8) is 0 Å². The van der Waals surface area contributed by atoms with E-state index < -0.39 is 0 Å². The average molecular weight is 328 g/mol. The van der Waals surface area contributed by atoms with Gasteiger partial charge in [0.1, 0.15) is 0 Å². The van der Waals surface area contributed by atoms with Crippen LogP contribution in [-0.2, 0) is 6.42 Å². The van der Waals surface area contributed by atoms with Crippen LogP contribution < -0.4 is 5.32 Å². The Hall–Kier alpha value is -0.240. The molecule has 0 bridgehead atoms. The van der Waals surface area contributed by atoms with Gasteiger partial charge < -0.3 is 5.32 Å². The van der Waals surface area contributed by atoms with Gasteiger partial charge in [-0.1, -0.05) is 56.3 Å². The zero-order chi connectivity index (χ0) is 15.3. The number of hydrogen-bond acceptors (Lipinski definition) is 1. The van der Waals surface area contributed by atoms with Crippen molar-refractivity contribution in [1.82, 2.24) is 5.32 Å². The Morgan fingerprint density at radius 2 is 1.90 bits per heavy atom. The first-order valence-electron chi connectivity index (χ1n) is 8.22. The molecule has 0 radical (unpaired) electrons. The second-order valence-corrected chi connectivity index (χ2v) is 7.50. The van der Waals surface area contributed by atoms with Crippen molar-refractivity contribution >= 4 is 23.2 Å². The lowest BCUT2D eigenvalue weighted by Gasteiger charge is -2.41. The zero-order valence-corrected chi connectivity index (χ0v) is 14.7. The maximum absolute atomic E-state index is 6.37. The van der Waals surface area contributed by atoms with Gasteiger partial charge in [-0.25, -0.2) is 0 Å². The molecule has 0 aliphatic heterocycles. The molecule has 1 saturated carbocycles. The van der Waals surface area contributed by atoms with Gasteiger partial charge in [0.25, 0.3) is 0 Å². The second-order valence-electron chi connectivity index (χ2n) is 6.66. The van der Waals surface area contributed by atoms with E-state index in [1.54, 1.807) is 0 Å². The second kappa shape index (κ2) is 7.85. The third kappa shape index (κ3) is 4.61. The summed E-state index contributed by atoms with van der Waals surface area (Å²) in [6, 6.07) is 6.29. The number of nitrogens with one attached hydrogen (secondary N) is 1. The molecule has 1 aromatic carbocycles. The highest BCUT2D eigenvalue weighted by molar-refractivity contribution is 6.33. The van der Waals surface area contributed by atoms with Crippen LogP contribution in [0.5, 0.6) is 0 Å². The van der Waals surface area contributed by atoms with Crippen molar-refractivity contribution in [2.75, 3.05) is 6.54 Å². The van der Waals surface area contributed by atoms with Crippen LogP contribution in [0.25, 0.3) is 0 Å². The maximum atomic E-state index is 6.37. The van der Waals surface area contributed by atoms with E-state index in [1.165, 1.54) is 37.7 Å². The Morgan fingerprint density at radius 3 is 2.57 bits per heavy atom. The van der Waals surface area contributed by atoms with Gasteiger partial charge in [0.05, 0.1) is 0 Å². The topological polar surface area (TPSA) is 12.0 Å². The number of halogens is 2. The molecule has 1 atom stereocenters. The van der Waals surface area contributed by atoms with Gasteiger partial charge in [0.15, 0.2) is 0 Å². The molecular formula is C18H27Cl2N. The molecule has 0 amide bonds. The number of rotatable bonds is 6. The first-order chi connectivity index (χ1) is 10.0. The van der Waals surface area contributed by atoms with Crippen LogP contribution in [-0.4, -0.2) is 12.6 Å². The Kier molecular flexibility index (Phi) is 6.40. The third-order valence-electron chi connectivity index (χ3n) is 4.91. The lowest BCUT2D eigenvalue weighted by atomic mass is 9.69. The summed E-state index contributed by atoms with van der Waals surface area (Å²) in [5, 5.41) is 5.38. The van der Waals surface area contributed by atoms with Crippen LogP contribution in [0, 0.1) is 5.41 Å². The predicted molar refractivity (Wildman–Crippen MR) is 93.4 cm³/mol. The van der Waals surface area contributed by atoms with Gasteiger partial charge >= 0.3 is 0 Å². The molecule has 1 aliphatic carbocycles. The fourth-order valence-electron chi connectivity index (χ4n) is 3.51. The van der Waals surface area contributed by atoms with Gasteiger partial charge in [-0.15, -0.1) is 0 Å². The van der Waals surface area contributed by atoms with Crippen LogP contribution in [0.3, 0.4) is 0 Å². The lowest BCUT2D eigenvalue weighted by Crippen LogP contribution is -2.46.